The lowest BCUT2D eigenvalue weighted by molar-refractivity contribution is 0.288. The Morgan fingerprint density at radius 3 is 2.87 bits per heavy atom. The minimum atomic E-state index is -3.20. The molecule has 8 nitrogen and oxygen atoms in total. The number of aliphatic hydroxyl groups is 1. The number of fused-ring (bicyclic) bond motifs is 3. The third-order valence-electron chi connectivity index (χ3n) is 6.69. The summed E-state index contributed by atoms with van der Waals surface area (Å²) in [7, 11) is -3.20. The molecule has 3 heterocycles. The third kappa shape index (κ3) is 3.42. The van der Waals surface area contributed by atoms with Gasteiger partial charge in [-0.15, -0.1) is 0 Å². The molecule has 162 valence electrons. The monoisotopic (exact) mass is 431 g/mol. The fourth-order valence-electron chi connectivity index (χ4n) is 5.02. The molecule has 3 aromatic rings. The largest absolute Gasteiger partial charge is 0.396 e. The predicted molar refractivity (Wildman–Crippen MR) is 115 cm³/mol. The molecule has 3 aromatic heterocycles. The molecule has 0 saturated heterocycles. The first-order chi connectivity index (χ1) is 14.5. The minimum absolute atomic E-state index is 0.0395. The lowest BCUT2D eigenvalue weighted by atomic mass is 9.93. The number of sulfonamides is 1. The van der Waals surface area contributed by atoms with Crippen molar-refractivity contribution in [3.8, 4) is 0 Å². The highest BCUT2D eigenvalue weighted by Gasteiger charge is 2.42. The lowest BCUT2D eigenvalue weighted by Gasteiger charge is -2.17. The Morgan fingerprint density at radius 2 is 2.13 bits per heavy atom. The Bertz CT molecular complexity index is 1160. The van der Waals surface area contributed by atoms with E-state index in [9.17, 15) is 13.5 Å². The summed E-state index contributed by atoms with van der Waals surface area (Å²) in [5.41, 5.74) is 3.72. The Hall–Kier alpha value is -1.97. The number of rotatable bonds is 8. The topological polar surface area (TPSA) is 112 Å². The van der Waals surface area contributed by atoms with Gasteiger partial charge in [-0.2, -0.15) is 0 Å². The van der Waals surface area contributed by atoms with Crippen molar-refractivity contribution < 1.29 is 13.5 Å². The molecule has 3 atom stereocenters. The zero-order chi connectivity index (χ0) is 20.9. The van der Waals surface area contributed by atoms with Gasteiger partial charge in [0.25, 0.3) is 0 Å². The molecule has 0 unspecified atom stereocenters. The minimum Gasteiger partial charge on any atom is -0.396 e. The fraction of sp³-hybridized carbons (Fsp3) is 0.619. The van der Waals surface area contributed by atoms with E-state index in [0.29, 0.717) is 18.8 Å². The van der Waals surface area contributed by atoms with Gasteiger partial charge in [0.05, 0.1) is 28.2 Å². The predicted octanol–water partition coefficient (Wildman–Crippen LogP) is 2.49. The third-order valence-corrected chi connectivity index (χ3v) is 8.70. The lowest BCUT2D eigenvalue weighted by Crippen LogP contribution is -2.35. The zero-order valence-corrected chi connectivity index (χ0v) is 18.0. The highest BCUT2D eigenvalue weighted by Crippen LogP contribution is 2.43. The maximum Gasteiger partial charge on any atom is 0.214 e. The maximum atomic E-state index is 12.5. The van der Waals surface area contributed by atoms with Gasteiger partial charge in [-0.05, 0) is 50.5 Å². The molecule has 0 aliphatic heterocycles. The maximum absolute atomic E-state index is 12.5. The van der Waals surface area contributed by atoms with Crippen LogP contribution in [0.15, 0.2) is 18.5 Å². The van der Waals surface area contributed by atoms with E-state index in [1.807, 2.05) is 18.5 Å². The van der Waals surface area contributed by atoms with Crippen LogP contribution in [0.3, 0.4) is 0 Å². The van der Waals surface area contributed by atoms with Crippen LogP contribution in [-0.2, 0) is 16.4 Å². The van der Waals surface area contributed by atoms with Gasteiger partial charge < -0.3 is 10.1 Å². The molecule has 0 amide bonds. The second-order valence-corrected chi connectivity index (χ2v) is 10.7. The van der Waals surface area contributed by atoms with E-state index < -0.39 is 10.0 Å². The number of aromatic nitrogens is 4. The molecular weight excluding hydrogens is 402 g/mol. The Kier molecular flexibility index (Phi) is 5.07. The zero-order valence-electron chi connectivity index (χ0n) is 17.2. The van der Waals surface area contributed by atoms with Crippen molar-refractivity contribution in [1.29, 1.82) is 0 Å². The Balaban J connectivity index is 1.54. The Morgan fingerprint density at radius 1 is 1.30 bits per heavy atom. The highest BCUT2D eigenvalue weighted by atomic mass is 32.2. The van der Waals surface area contributed by atoms with Crippen LogP contribution in [0.5, 0.6) is 0 Å². The summed E-state index contributed by atoms with van der Waals surface area (Å²) in [6, 6.07) is 1.97. The number of aromatic amines is 1. The molecular formula is C21H29N5O3S. The molecule has 30 heavy (non-hydrogen) atoms. The summed E-state index contributed by atoms with van der Waals surface area (Å²) in [6.45, 7) is 2.30. The molecule has 2 aliphatic rings. The smallest absolute Gasteiger partial charge is 0.214 e. The van der Waals surface area contributed by atoms with E-state index in [-0.39, 0.29) is 23.8 Å². The molecule has 0 aromatic carbocycles. The van der Waals surface area contributed by atoms with Gasteiger partial charge in [0.1, 0.15) is 5.82 Å². The molecule has 5 rings (SSSR count). The summed E-state index contributed by atoms with van der Waals surface area (Å²) >= 11 is 0. The first kappa shape index (κ1) is 20.0. The molecule has 0 spiro atoms. The molecule has 2 saturated carbocycles. The van der Waals surface area contributed by atoms with Crippen LogP contribution in [0.1, 0.15) is 62.9 Å². The van der Waals surface area contributed by atoms with Crippen molar-refractivity contribution in [1.82, 2.24) is 24.1 Å². The number of hydrogen-bond acceptors (Lipinski definition) is 5. The highest BCUT2D eigenvalue weighted by molar-refractivity contribution is 7.90. The van der Waals surface area contributed by atoms with Crippen LogP contribution in [-0.4, -0.2) is 50.8 Å². The van der Waals surface area contributed by atoms with Crippen molar-refractivity contribution in [3.05, 3.63) is 30.0 Å². The van der Waals surface area contributed by atoms with Crippen LogP contribution in [0.2, 0.25) is 0 Å². The summed E-state index contributed by atoms with van der Waals surface area (Å²) in [4.78, 5) is 12.7. The quantitative estimate of drug-likeness (QED) is 0.507. The molecule has 9 heteroatoms. The first-order valence-corrected chi connectivity index (χ1v) is 12.5. The van der Waals surface area contributed by atoms with E-state index >= 15 is 0 Å². The second-order valence-electron chi connectivity index (χ2n) is 8.74. The summed E-state index contributed by atoms with van der Waals surface area (Å²) in [5, 5.41) is 9.11. The van der Waals surface area contributed by atoms with E-state index in [0.717, 1.165) is 60.3 Å². The number of aryl methyl sites for hydroxylation is 1. The van der Waals surface area contributed by atoms with Gasteiger partial charge in [-0.1, -0.05) is 13.3 Å². The number of H-pyrrole nitrogens is 1. The number of nitrogens with one attached hydrogen (secondary N) is 2. The average molecular weight is 432 g/mol. The number of hydrogen-bond donors (Lipinski definition) is 3. The van der Waals surface area contributed by atoms with Crippen molar-refractivity contribution >= 4 is 26.7 Å². The van der Waals surface area contributed by atoms with Crippen LogP contribution < -0.4 is 4.72 Å². The standard InChI is InChI=1S/C21H29N5O3S/c1-2-13-10-14(25-30(28,29)15-5-6-15)11-16(13)21-24-17(4-3-9-27)19-12-23-20-18(26(19)21)7-8-22-20/h7-8,12-16,22,25,27H,2-6,9-11H2,1H3/t13-,14+,16+/m1/s1. The van der Waals surface area contributed by atoms with Crippen molar-refractivity contribution in [3.63, 3.8) is 0 Å². The SMILES string of the molecule is CC[C@@H]1C[C@H](NS(=O)(=O)C2CC2)C[C@@H]1c1nc(CCCO)c2cnc3[nH]ccc3n12. The van der Waals surface area contributed by atoms with Gasteiger partial charge >= 0.3 is 0 Å². The van der Waals surface area contributed by atoms with E-state index in [2.05, 4.69) is 26.0 Å². The van der Waals surface area contributed by atoms with Crippen LogP contribution in [0.25, 0.3) is 16.7 Å². The van der Waals surface area contributed by atoms with E-state index in [4.69, 9.17) is 4.98 Å². The fourth-order valence-corrected chi connectivity index (χ4v) is 6.63. The molecule has 2 fully saturated rings. The van der Waals surface area contributed by atoms with Crippen LogP contribution >= 0.6 is 0 Å². The summed E-state index contributed by atoms with van der Waals surface area (Å²) < 4.78 is 30.2. The second kappa shape index (κ2) is 7.62. The van der Waals surface area contributed by atoms with Crippen molar-refractivity contribution in [2.24, 2.45) is 5.92 Å². The normalized spacial score (nSPS) is 24.9. The molecule has 2 aliphatic carbocycles. The number of aliphatic hydroxyl groups excluding tert-OH is 1. The van der Waals surface area contributed by atoms with Gasteiger partial charge in [0, 0.05) is 24.8 Å². The van der Waals surface area contributed by atoms with Gasteiger partial charge in [-0.3, -0.25) is 4.40 Å². The van der Waals surface area contributed by atoms with Gasteiger partial charge in [0.2, 0.25) is 10.0 Å². The van der Waals surface area contributed by atoms with Crippen LogP contribution in [0, 0.1) is 5.92 Å². The van der Waals surface area contributed by atoms with Crippen LogP contribution in [0.4, 0.5) is 0 Å². The first-order valence-electron chi connectivity index (χ1n) is 11.0. The van der Waals surface area contributed by atoms with E-state index in [1.54, 1.807) is 0 Å². The molecule has 0 bridgehead atoms. The molecule has 0 radical (unpaired) electrons. The Labute approximate surface area is 176 Å². The average Bonchev–Trinajstić information content (AvgIpc) is 3.21. The summed E-state index contributed by atoms with van der Waals surface area (Å²) in [5.74, 6) is 1.54. The van der Waals surface area contributed by atoms with Crippen molar-refractivity contribution in [2.75, 3.05) is 6.61 Å². The van der Waals surface area contributed by atoms with Gasteiger partial charge in [-0.25, -0.2) is 23.1 Å². The van der Waals surface area contributed by atoms with E-state index in [1.165, 1.54) is 0 Å². The van der Waals surface area contributed by atoms with Gasteiger partial charge in [0.15, 0.2) is 5.65 Å². The molecule has 3 N–H and O–H groups in total. The number of nitrogens with zero attached hydrogens (tertiary/aromatic N) is 3. The number of imidazole rings is 1. The summed E-state index contributed by atoms with van der Waals surface area (Å²) in [6.07, 6.45) is 9.22. The van der Waals surface area contributed by atoms with Crippen molar-refractivity contribution in [2.45, 2.75) is 69.1 Å².